The van der Waals surface area contributed by atoms with Crippen LogP contribution in [0.3, 0.4) is 0 Å². The second-order valence-corrected chi connectivity index (χ2v) is 7.05. The molecule has 0 aromatic carbocycles. The minimum atomic E-state index is -1.25. The van der Waals surface area contributed by atoms with Crippen LogP contribution in [0.5, 0.6) is 0 Å². The molecule has 0 heterocycles. The first-order valence-corrected chi connectivity index (χ1v) is 6.85. The van der Waals surface area contributed by atoms with E-state index in [0.29, 0.717) is 5.57 Å². The smallest absolute Gasteiger partial charge is 0.165 e. The zero-order valence-electron chi connectivity index (χ0n) is 11.5. The predicted octanol–water partition coefficient (Wildman–Crippen LogP) is 1.68. The Morgan fingerprint density at radius 2 is 1.94 bits per heavy atom. The average molecular weight is 250 g/mol. The van der Waals surface area contributed by atoms with Crippen molar-refractivity contribution in [2.24, 2.45) is 22.7 Å². The Hall–Kier alpha value is -0.670. The summed E-state index contributed by atoms with van der Waals surface area (Å²) in [5.74, 6) is 0.238. The molecule has 0 aromatic rings. The number of aliphatic hydroxyl groups excluding tert-OH is 1. The van der Waals surface area contributed by atoms with E-state index in [1.807, 2.05) is 20.8 Å². The average Bonchev–Trinajstić information content (AvgIpc) is 2.67. The minimum absolute atomic E-state index is 0.0257. The van der Waals surface area contributed by atoms with Gasteiger partial charge in [-0.1, -0.05) is 20.8 Å². The molecule has 3 nitrogen and oxygen atoms in total. The molecule has 18 heavy (non-hydrogen) atoms. The van der Waals surface area contributed by atoms with E-state index in [4.69, 9.17) is 0 Å². The van der Waals surface area contributed by atoms with Crippen molar-refractivity contribution in [3.63, 3.8) is 0 Å². The standard InChI is InChI=1S/C15H22O3/c1-8-5-6-10-13(3,4)15(18)9(2)7-11(16)14(8,10)12(15)17/h7-8,10,12,17-18H,5-6H2,1-4H3/t8-,10-,12+,14-,15-/m1/s1. The lowest BCUT2D eigenvalue weighted by molar-refractivity contribution is -0.147. The monoisotopic (exact) mass is 250 g/mol. The van der Waals surface area contributed by atoms with Crippen LogP contribution < -0.4 is 0 Å². The van der Waals surface area contributed by atoms with Gasteiger partial charge in [0.25, 0.3) is 0 Å². The molecule has 2 N–H and O–H groups in total. The summed E-state index contributed by atoms with van der Waals surface area (Å²) in [5.41, 5.74) is -1.83. The Labute approximate surface area is 108 Å². The zero-order chi connectivity index (χ0) is 13.5. The maximum atomic E-state index is 12.6. The number of aliphatic hydroxyl groups is 2. The third kappa shape index (κ3) is 0.894. The van der Waals surface area contributed by atoms with Crippen LogP contribution in [0, 0.1) is 22.7 Å². The molecule has 1 spiro atoms. The molecule has 0 aromatic heterocycles. The van der Waals surface area contributed by atoms with Gasteiger partial charge in [0.05, 0.1) is 5.41 Å². The van der Waals surface area contributed by atoms with Gasteiger partial charge in [0.2, 0.25) is 0 Å². The molecule has 100 valence electrons. The van der Waals surface area contributed by atoms with Crippen LogP contribution in [-0.4, -0.2) is 27.7 Å². The number of hydrogen-bond donors (Lipinski definition) is 2. The summed E-state index contributed by atoms with van der Waals surface area (Å²) in [6.45, 7) is 7.80. The topological polar surface area (TPSA) is 57.5 Å². The molecule has 0 amide bonds. The largest absolute Gasteiger partial charge is 0.389 e. The first-order valence-electron chi connectivity index (χ1n) is 6.85. The minimum Gasteiger partial charge on any atom is -0.389 e. The van der Waals surface area contributed by atoms with Crippen molar-refractivity contribution in [2.75, 3.05) is 0 Å². The number of carbonyl (C=O) groups is 1. The van der Waals surface area contributed by atoms with Gasteiger partial charge in [-0.3, -0.25) is 4.79 Å². The molecule has 5 atom stereocenters. The molecule has 3 aliphatic rings. The van der Waals surface area contributed by atoms with Crippen LogP contribution >= 0.6 is 0 Å². The number of carbonyl (C=O) groups excluding carboxylic acids is 1. The van der Waals surface area contributed by atoms with Crippen molar-refractivity contribution in [1.29, 1.82) is 0 Å². The number of rotatable bonds is 0. The third-order valence-electron chi connectivity index (χ3n) is 6.36. The van der Waals surface area contributed by atoms with Gasteiger partial charge in [-0.25, -0.2) is 0 Å². The zero-order valence-corrected chi connectivity index (χ0v) is 11.5. The van der Waals surface area contributed by atoms with E-state index in [1.165, 1.54) is 0 Å². The fourth-order valence-corrected chi connectivity index (χ4v) is 5.32. The van der Waals surface area contributed by atoms with Crippen molar-refractivity contribution in [2.45, 2.75) is 52.2 Å². The van der Waals surface area contributed by atoms with Gasteiger partial charge >= 0.3 is 0 Å². The highest BCUT2D eigenvalue weighted by Gasteiger charge is 2.78. The van der Waals surface area contributed by atoms with Gasteiger partial charge in [-0.2, -0.15) is 0 Å². The van der Waals surface area contributed by atoms with Gasteiger partial charge in [0.1, 0.15) is 11.7 Å². The summed E-state index contributed by atoms with van der Waals surface area (Å²) in [7, 11) is 0. The van der Waals surface area contributed by atoms with Crippen LogP contribution in [0.1, 0.15) is 40.5 Å². The predicted molar refractivity (Wildman–Crippen MR) is 67.8 cm³/mol. The van der Waals surface area contributed by atoms with Gasteiger partial charge < -0.3 is 10.2 Å². The third-order valence-corrected chi connectivity index (χ3v) is 6.36. The van der Waals surface area contributed by atoms with Crippen molar-refractivity contribution in [3.05, 3.63) is 11.6 Å². The van der Waals surface area contributed by atoms with E-state index in [0.717, 1.165) is 12.8 Å². The Bertz CT molecular complexity index is 464. The summed E-state index contributed by atoms with van der Waals surface area (Å²) < 4.78 is 0. The lowest BCUT2D eigenvalue weighted by atomic mass is 9.65. The lowest BCUT2D eigenvalue weighted by Gasteiger charge is -2.44. The SMILES string of the molecule is CC1=CC(=O)[C@@]23[C@H](C)CC[C@@H]2C(C)(C)[C@]1(O)[C@H]3O. The van der Waals surface area contributed by atoms with E-state index in [2.05, 4.69) is 0 Å². The van der Waals surface area contributed by atoms with Crippen LogP contribution in [-0.2, 0) is 4.79 Å². The Morgan fingerprint density at radius 3 is 2.56 bits per heavy atom. The number of ketones is 1. The molecule has 0 aliphatic heterocycles. The van der Waals surface area contributed by atoms with E-state index in [9.17, 15) is 15.0 Å². The Balaban J connectivity index is 2.34. The second kappa shape index (κ2) is 3.07. The van der Waals surface area contributed by atoms with Crippen molar-refractivity contribution < 1.29 is 15.0 Å². The van der Waals surface area contributed by atoms with Crippen LogP contribution in [0.4, 0.5) is 0 Å². The van der Waals surface area contributed by atoms with Crippen molar-refractivity contribution in [1.82, 2.24) is 0 Å². The Morgan fingerprint density at radius 1 is 1.33 bits per heavy atom. The molecule has 2 bridgehead atoms. The molecule has 0 unspecified atom stereocenters. The molecular formula is C15H22O3. The van der Waals surface area contributed by atoms with Crippen molar-refractivity contribution in [3.8, 4) is 0 Å². The fraction of sp³-hybridized carbons (Fsp3) is 0.800. The number of fused-ring (bicyclic) bond motifs is 1. The molecular weight excluding hydrogens is 228 g/mol. The fourth-order valence-electron chi connectivity index (χ4n) is 5.32. The summed E-state index contributed by atoms with van der Waals surface area (Å²) >= 11 is 0. The maximum absolute atomic E-state index is 12.6. The summed E-state index contributed by atoms with van der Waals surface area (Å²) in [5, 5.41) is 21.8. The maximum Gasteiger partial charge on any atom is 0.165 e. The Kier molecular flexibility index (Phi) is 2.11. The highest BCUT2D eigenvalue weighted by atomic mass is 16.3. The van der Waals surface area contributed by atoms with E-state index in [1.54, 1.807) is 13.0 Å². The van der Waals surface area contributed by atoms with Crippen LogP contribution in [0.15, 0.2) is 11.6 Å². The summed E-state index contributed by atoms with van der Waals surface area (Å²) in [6.07, 6.45) is 2.50. The molecule has 0 radical (unpaired) electrons. The van der Waals surface area contributed by atoms with Gasteiger partial charge in [0.15, 0.2) is 5.78 Å². The molecule has 3 rings (SSSR count). The quantitative estimate of drug-likeness (QED) is 0.687. The molecule has 3 aliphatic carbocycles. The number of hydrogen-bond acceptors (Lipinski definition) is 3. The van der Waals surface area contributed by atoms with Gasteiger partial charge in [-0.05, 0) is 43.3 Å². The summed E-state index contributed by atoms with van der Waals surface area (Å²) in [4.78, 5) is 12.6. The van der Waals surface area contributed by atoms with E-state index in [-0.39, 0.29) is 17.6 Å². The second-order valence-electron chi connectivity index (χ2n) is 7.05. The van der Waals surface area contributed by atoms with E-state index < -0.39 is 22.5 Å². The normalized spacial score (nSPS) is 53.3. The van der Waals surface area contributed by atoms with E-state index >= 15 is 0 Å². The van der Waals surface area contributed by atoms with Crippen LogP contribution in [0.25, 0.3) is 0 Å². The van der Waals surface area contributed by atoms with Gasteiger partial charge in [0, 0.05) is 5.41 Å². The van der Waals surface area contributed by atoms with Crippen LogP contribution in [0.2, 0.25) is 0 Å². The highest BCUT2D eigenvalue weighted by Crippen LogP contribution is 2.71. The van der Waals surface area contributed by atoms with Crippen molar-refractivity contribution >= 4 is 5.78 Å². The summed E-state index contributed by atoms with van der Waals surface area (Å²) in [6, 6.07) is 0. The molecule has 0 saturated heterocycles. The molecule has 3 heteroatoms. The molecule has 2 saturated carbocycles. The molecule has 2 fully saturated rings. The lowest BCUT2D eigenvalue weighted by Crippen LogP contribution is -2.57. The van der Waals surface area contributed by atoms with Gasteiger partial charge in [-0.15, -0.1) is 0 Å². The highest BCUT2D eigenvalue weighted by molar-refractivity contribution is 5.99. The number of allylic oxidation sites excluding steroid dienone is 1. The first kappa shape index (κ1) is 12.4. The first-order chi connectivity index (χ1) is 8.21.